The summed E-state index contributed by atoms with van der Waals surface area (Å²) in [6, 6.07) is 9.07. The van der Waals surface area contributed by atoms with Gasteiger partial charge in [0.25, 0.3) is 11.3 Å². The highest BCUT2D eigenvalue weighted by Gasteiger charge is 2.30. The van der Waals surface area contributed by atoms with Crippen LogP contribution in [-0.2, 0) is 17.4 Å². The monoisotopic (exact) mass is 335 g/mol. The van der Waals surface area contributed by atoms with E-state index in [1.54, 1.807) is 6.07 Å². The molecule has 0 spiro atoms. The summed E-state index contributed by atoms with van der Waals surface area (Å²) in [4.78, 5) is 0. The van der Waals surface area contributed by atoms with Crippen molar-refractivity contribution < 1.29 is 21.9 Å². The molecule has 112 valence electrons. The van der Waals surface area contributed by atoms with Gasteiger partial charge in [-0.15, -0.1) is 0 Å². The van der Waals surface area contributed by atoms with Gasteiger partial charge >= 0.3 is 6.18 Å². The minimum Gasteiger partial charge on any atom is -0.289 e. The normalized spacial score (nSPS) is 13.0. The maximum Gasteiger partial charge on any atom is 0.416 e. The van der Waals surface area contributed by atoms with Gasteiger partial charge in [-0.1, -0.05) is 29.8 Å². The summed E-state index contributed by atoms with van der Waals surface area (Å²) in [5.41, 5.74) is 0.636. The lowest BCUT2D eigenvalue weighted by molar-refractivity contribution is -0.137. The second-order valence-corrected chi connectivity index (χ2v) is 5.23. The molecule has 0 aliphatic carbocycles. The van der Waals surface area contributed by atoms with E-state index in [4.69, 9.17) is 16.2 Å². The number of alkyl halides is 3. The number of rotatable bonds is 3. The third kappa shape index (κ3) is 3.96. The van der Waals surface area contributed by atoms with Crippen LogP contribution in [0.3, 0.4) is 0 Å². The summed E-state index contributed by atoms with van der Waals surface area (Å²) in [6.45, 7) is 0. The van der Waals surface area contributed by atoms with Crippen molar-refractivity contribution in [3.63, 3.8) is 0 Å². The van der Waals surface area contributed by atoms with Crippen LogP contribution in [-0.4, -0.2) is 8.76 Å². The molecule has 0 fully saturated rings. The largest absolute Gasteiger partial charge is 0.416 e. The number of halogens is 4. The molecule has 0 aliphatic heterocycles. The van der Waals surface area contributed by atoms with E-state index >= 15 is 0 Å². The van der Waals surface area contributed by atoms with Crippen LogP contribution < -0.4 is 4.72 Å². The lowest BCUT2D eigenvalue weighted by Crippen LogP contribution is -2.04. The van der Waals surface area contributed by atoms with Gasteiger partial charge in [0, 0.05) is 11.3 Å². The summed E-state index contributed by atoms with van der Waals surface area (Å²) in [5, 5.41) is 0.255. The lowest BCUT2D eigenvalue weighted by Gasteiger charge is -2.10. The van der Waals surface area contributed by atoms with E-state index < -0.39 is 23.0 Å². The maximum absolute atomic E-state index is 12.5. The molecular formula is C13H9ClF3NO2S. The molecule has 2 aromatic rings. The first-order valence-electron chi connectivity index (χ1n) is 5.62. The van der Waals surface area contributed by atoms with Crippen LogP contribution in [0.5, 0.6) is 0 Å². The Kier molecular flexibility index (Phi) is 4.55. The molecule has 0 aliphatic rings. The topological polar surface area (TPSA) is 49.3 Å². The molecule has 0 radical (unpaired) electrons. The van der Waals surface area contributed by atoms with Gasteiger partial charge in [0.05, 0.1) is 10.6 Å². The molecule has 2 rings (SSSR count). The van der Waals surface area contributed by atoms with Gasteiger partial charge in [0.1, 0.15) is 0 Å². The predicted molar refractivity (Wildman–Crippen MR) is 76.3 cm³/mol. The summed E-state index contributed by atoms with van der Waals surface area (Å²) in [6.07, 6.45) is -4.39. The molecule has 2 N–H and O–H groups in total. The quantitative estimate of drug-likeness (QED) is 0.807. The Morgan fingerprint density at radius 2 is 1.71 bits per heavy atom. The fraction of sp³-hybridized carbons (Fsp3) is 0.0769. The highest BCUT2D eigenvalue weighted by Crippen LogP contribution is 2.34. The van der Waals surface area contributed by atoms with Crippen LogP contribution in [0.25, 0.3) is 11.1 Å². The van der Waals surface area contributed by atoms with Crippen LogP contribution in [0.4, 0.5) is 18.9 Å². The fourth-order valence-electron chi connectivity index (χ4n) is 1.75. The van der Waals surface area contributed by atoms with Gasteiger partial charge in [0.2, 0.25) is 0 Å². The molecule has 0 aromatic heterocycles. The molecule has 1 unspecified atom stereocenters. The molecule has 1 atom stereocenters. The number of nitrogens with one attached hydrogen (secondary N) is 1. The van der Waals surface area contributed by atoms with E-state index in [0.717, 1.165) is 12.1 Å². The molecular weight excluding hydrogens is 327 g/mol. The van der Waals surface area contributed by atoms with E-state index in [-0.39, 0.29) is 5.02 Å². The predicted octanol–water partition coefficient (Wildman–Crippen LogP) is 4.57. The summed E-state index contributed by atoms with van der Waals surface area (Å²) >= 11 is 3.81. The van der Waals surface area contributed by atoms with E-state index in [0.29, 0.717) is 16.8 Å². The molecule has 21 heavy (non-hydrogen) atoms. The zero-order valence-electron chi connectivity index (χ0n) is 10.3. The SMILES string of the molecule is O=S(O)Nc1ccc(-c2ccc(C(F)(F)F)cc2)c(Cl)c1. The van der Waals surface area contributed by atoms with Crippen LogP contribution >= 0.6 is 11.6 Å². The highest BCUT2D eigenvalue weighted by molar-refractivity contribution is 7.80. The van der Waals surface area contributed by atoms with Crippen LogP contribution in [0.2, 0.25) is 5.02 Å². The molecule has 0 saturated heterocycles. The van der Waals surface area contributed by atoms with Crippen molar-refractivity contribution in [2.75, 3.05) is 4.72 Å². The van der Waals surface area contributed by atoms with Gasteiger partial charge < -0.3 is 0 Å². The van der Waals surface area contributed by atoms with Crippen molar-refractivity contribution in [2.24, 2.45) is 0 Å². The Morgan fingerprint density at radius 1 is 1.10 bits per heavy atom. The van der Waals surface area contributed by atoms with Crippen molar-refractivity contribution in [3.05, 3.63) is 53.1 Å². The van der Waals surface area contributed by atoms with Gasteiger partial charge in [-0.05, 0) is 29.8 Å². The number of hydrogen-bond acceptors (Lipinski definition) is 1. The Labute approximate surface area is 126 Å². The summed E-state index contributed by atoms with van der Waals surface area (Å²) in [5.74, 6) is 0. The van der Waals surface area contributed by atoms with Crippen LogP contribution in [0.15, 0.2) is 42.5 Å². The van der Waals surface area contributed by atoms with Crippen molar-refractivity contribution in [1.29, 1.82) is 0 Å². The first kappa shape index (κ1) is 15.8. The Morgan fingerprint density at radius 3 is 2.19 bits per heavy atom. The second-order valence-electron chi connectivity index (χ2n) is 4.12. The molecule has 2 aromatic carbocycles. The van der Waals surface area contributed by atoms with Crippen LogP contribution in [0.1, 0.15) is 5.56 Å². The van der Waals surface area contributed by atoms with Crippen molar-refractivity contribution in [2.45, 2.75) is 6.18 Å². The molecule has 0 amide bonds. The fourth-order valence-corrected chi connectivity index (χ4v) is 2.37. The van der Waals surface area contributed by atoms with Crippen LogP contribution in [0, 0.1) is 0 Å². The highest BCUT2D eigenvalue weighted by atomic mass is 35.5. The van der Waals surface area contributed by atoms with Crippen molar-refractivity contribution in [1.82, 2.24) is 0 Å². The van der Waals surface area contributed by atoms with Gasteiger partial charge in [0.15, 0.2) is 0 Å². The minimum atomic E-state index is -4.39. The van der Waals surface area contributed by atoms with Gasteiger partial charge in [-0.25, -0.2) is 4.21 Å². The lowest BCUT2D eigenvalue weighted by atomic mass is 10.0. The zero-order valence-corrected chi connectivity index (χ0v) is 11.9. The zero-order chi connectivity index (χ0) is 15.6. The molecule has 0 heterocycles. The summed E-state index contributed by atoms with van der Waals surface area (Å²) in [7, 11) is 0. The van der Waals surface area contributed by atoms with Gasteiger partial charge in [-0.2, -0.15) is 13.2 Å². The third-order valence-corrected chi connectivity index (χ3v) is 3.42. The van der Waals surface area contributed by atoms with Gasteiger partial charge in [-0.3, -0.25) is 9.27 Å². The third-order valence-electron chi connectivity index (χ3n) is 2.70. The standard InChI is InChI=1S/C13H9ClF3NO2S/c14-12-7-10(18-21(19)20)5-6-11(12)8-1-3-9(4-2-8)13(15,16)17/h1-7,18H,(H,19,20). The number of benzene rings is 2. The smallest absolute Gasteiger partial charge is 0.289 e. The summed E-state index contributed by atoms with van der Waals surface area (Å²) < 4.78 is 59.0. The molecule has 0 saturated carbocycles. The minimum absolute atomic E-state index is 0.255. The van der Waals surface area contributed by atoms with E-state index in [2.05, 4.69) is 4.72 Å². The van der Waals surface area contributed by atoms with Crippen molar-refractivity contribution in [3.8, 4) is 11.1 Å². The first-order valence-corrected chi connectivity index (χ1v) is 7.10. The van der Waals surface area contributed by atoms with E-state index in [1.807, 2.05) is 0 Å². The molecule has 0 bridgehead atoms. The number of anilines is 1. The maximum atomic E-state index is 12.5. The second kappa shape index (κ2) is 6.05. The van der Waals surface area contributed by atoms with E-state index in [1.165, 1.54) is 24.3 Å². The average Bonchev–Trinajstić information content (AvgIpc) is 2.37. The Hall–Kier alpha value is -1.57. The Balaban J connectivity index is 2.32. The first-order chi connectivity index (χ1) is 9.77. The van der Waals surface area contributed by atoms with E-state index in [9.17, 15) is 17.4 Å². The Bertz CT molecular complexity index is 674. The van der Waals surface area contributed by atoms with Crippen molar-refractivity contribution >= 4 is 28.6 Å². The average molecular weight is 336 g/mol. The number of hydrogen-bond donors (Lipinski definition) is 2. The molecule has 3 nitrogen and oxygen atoms in total. The molecule has 8 heteroatoms.